The van der Waals surface area contributed by atoms with Crippen LogP contribution in [0.3, 0.4) is 0 Å². The molecule has 0 bridgehead atoms. The number of hydrogen-bond acceptors (Lipinski definition) is 4. The van der Waals surface area contributed by atoms with Crippen LogP contribution >= 0.6 is 0 Å². The zero-order valence-electron chi connectivity index (χ0n) is 16.6. The lowest BCUT2D eigenvalue weighted by Gasteiger charge is -2.17. The summed E-state index contributed by atoms with van der Waals surface area (Å²) < 4.78 is 11.3. The summed E-state index contributed by atoms with van der Waals surface area (Å²) in [6.07, 6.45) is 2.18. The number of carbonyl (C=O) groups is 1. The molecule has 1 saturated heterocycles. The van der Waals surface area contributed by atoms with Crippen LogP contribution in [-0.2, 0) is 11.3 Å². The monoisotopic (exact) mass is 382 g/mol. The van der Waals surface area contributed by atoms with Crippen LogP contribution in [0.2, 0.25) is 0 Å². The molecule has 5 nitrogen and oxygen atoms in total. The highest BCUT2D eigenvalue weighted by molar-refractivity contribution is 5.76. The van der Waals surface area contributed by atoms with Gasteiger partial charge in [-0.15, -0.1) is 0 Å². The Morgan fingerprint density at radius 1 is 1.07 bits per heavy atom. The molecule has 1 N–H and O–H groups in total. The molecule has 0 spiro atoms. The van der Waals surface area contributed by atoms with Crippen molar-refractivity contribution >= 4 is 5.91 Å². The van der Waals surface area contributed by atoms with Gasteiger partial charge in [0.2, 0.25) is 5.91 Å². The second kappa shape index (κ2) is 10.7. The number of benzene rings is 2. The first-order chi connectivity index (χ1) is 13.7. The lowest BCUT2D eigenvalue weighted by molar-refractivity contribution is -0.121. The largest absolute Gasteiger partial charge is 0.490 e. The Balaban J connectivity index is 1.33. The van der Waals surface area contributed by atoms with E-state index in [4.69, 9.17) is 9.47 Å². The Morgan fingerprint density at radius 3 is 2.54 bits per heavy atom. The Bertz CT molecular complexity index is 736. The van der Waals surface area contributed by atoms with E-state index < -0.39 is 0 Å². The van der Waals surface area contributed by atoms with Gasteiger partial charge in [0.05, 0.1) is 13.2 Å². The van der Waals surface area contributed by atoms with Gasteiger partial charge >= 0.3 is 0 Å². The molecule has 1 unspecified atom stereocenters. The summed E-state index contributed by atoms with van der Waals surface area (Å²) in [5.41, 5.74) is 1.32. The fourth-order valence-electron chi connectivity index (χ4n) is 3.49. The summed E-state index contributed by atoms with van der Waals surface area (Å²) in [5, 5.41) is 3.16. The van der Waals surface area contributed by atoms with Gasteiger partial charge in [-0.25, -0.2) is 0 Å². The van der Waals surface area contributed by atoms with Crippen molar-refractivity contribution in [3.8, 4) is 11.5 Å². The Labute approximate surface area is 167 Å². The Morgan fingerprint density at radius 2 is 1.79 bits per heavy atom. The molecule has 1 heterocycles. The minimum atomic E-state index is 0.105. The highest BCUT2D eigenvalue weighted by Gasteiger charge is 2.23. The normalized spacial score (nSPS) is 16.7. The van der Waals surface area contributed by atoms with Gasteiger partial charge in [0.15, 0.2) is 11.5 Å². The molecular formula is C23H30N2O3. The van der Waals surface area contributed by atoms with E-state index in [0.29, 0.717) is 26.1 Å². The predicted octanol–water partition coefficient (Wildman–Crippen LogP) is 3.64. The number of carbonyl (C=O) groups excluding carboxylic acids is 1. The highest BCUT2D eigenvalue weighted by Crippen LogP contribution is 2.26. The molecule has 0 radical (unpaired) electrons. The van der Waals surface area contributed by atoms with Crippen LogP contribution in [0.4, 0.5) is 0 Å². The SMILES string of the molecule is CCOc1ccccc1OCCCC(=O)NC1CCN(Cc2ccccc2)C1. The van der Waals surface area contributed by atoms with Gasteiger partial charge in [-0.05, 0) is 37.5 Å². The van der Waals surface area contributed by atoms with Crippen LogP contribution in [0.5, 0.6) is 11.5 Å². The van der Waals surface area contributed by atoms with Crippen LogP contribution in [0, 0.1) is 0 Å². The van der Waals surface area contributed by atoms with Gasteiger partial charge < -0.3 is 14.8 Å². The zero-order valence-corrected chi connectivity index (χ0v) is 16.6. The molecule has 1 fully saturated rings. The van der Waals surface area contributed by atoms with Gasteiger partial charge in [0.1, 0.15) is 0 Å². The van der Waals surface area contributed by atoms with E-state index >= 15 is 0 Å². The van der Waals surface area contributed by atoms with Crippen LogP contribution in [0.1, 0.15) is 31.7 Å². The molecule has 0 saturated carbocycles. The maximum Gasteiger partial charge on any atom is 0.220 e. The summed E-state index contributed by atoms with van der Waals surface area (Å²) in [6.45, 7) is 5.94. The Kier molecular flexibility index (Phi) is 7.73. The number of amides is 1. The molecule has 150 valence electrons. The molecule has 2 aromatic carbocycles. The summed E-state index contributed by atoms with van der Waals surface area (Å²) >= 11 is 0. The van der Waals surface area contributed by atoms with Crippen molar-refractivity contribution in [1.29, 1.82) is 0 Å². The third-order valence-corrected chi connectivity index (χ3v) is 4.84. The minimum Gasteiger partial charge on any atom is -0.490 e. The summed E-state index contributed by atoms with van der Waals surface area (Å²) in [5.74, 6) is 1.59. The fourth-order valence-corrected chi connectivity index (χ4v) is 3.49. The quantitative estimate of drug-likeness (QED) is 0.638. The van der Waals surface area contributed by atoms with Crippen molar-refractivity contribution in [3.05, 3.63) is 60.2 Å². The number of para-hydroxylation sites is 2. The topological polar surface area (TPSA) is 50.8 Å². The van der Waals surface area contributed by atoms with Crippen molar-refractivity contribution in [2.75, 3.05) is 26.3 Å². The maximum atomic E-state index is 12.2. The van der Waals surface area contributed by atoms with Crippen LogP contribution in [-0.4, -0.2) is 43.2 Å². The zero-order chi connectivity index (χ0) is 19.6. The van der Waals surface area contributed by atoms with Gasteiger partial charge in [0, 0.05) is 32.1 Å². The second-order valence-corrected chi connectivity index (χ2v) is 7.11. The summed E-state index contributed by atoms with van der Waals surface area (Å²) in [7, 11) is 0. The van der Waals surface area contributed by atoms with E-state index in [0.717, 1.165) is 37.6 Å². The van der Waals surface area contributed by atoms with E-state index in [-0.39, 0.29) is 11.9 Å². The number of rotatable bonds is 10. The molecule has 1 aliphatic rings. The van der Waals surface area contributed by atoms with Gasteiger partial charge in [-0.1, -0.05) is 42.5 Å². The molecule has 0 aromatic heterocycles. The molecule has 28 heavy (non-hydrogen) atoms. The van der Waals surface area contributed by atoms with Gasteiger partial charge in [-0.3, -0.25) is 9.69 Å². The number of likely N-dealkylation sites (tertiary alicyclic amines) is 1. The fraction of sp³-hybridized carbons (Fsp3) is 0.435. The van der Waals surface area contributed by atoms with Gasteiger partial charge in [0.25, 0.3) is 0 Å². The van der Waals surface area contributed by atoms with Crippen molar-refractivity contribution < 1.29 is 14.3 Å². The van der Waals surface area contributed by atoms with Crippen LogP contribution < -0.4 is 14.8 Å². The van der Waals surface area contributed by atoms with Crippen molar-refractivity contribution in [2.45, 2.75) is 38.8 Å². The first-order valence-electron chi connectivity index (χ1n) is 10.1. The van der Waals surface area contributed by atoms with Crippen LogP contribution in [0.15, 0.2) is 54.6 Å². The van der Waals surface area contributed by atoms with Crippen LogP contribution in [0.25, 0.3) is 0 Å². The summed E-state index contributed by atoms with van der Waals surface area (Å²) in [6, 6.07) is 18.4. The molecule has 3 rings (SSSR count). The molecule has 2 aromatic rings. The molecular weight excluding hydrogens is 352 g/mol. The first kappa shape index (κ1) is 20.2. The average Bonchev–Trinajstić information content (AvgIpc) is 3.14. The van der Waals surface area contributed by atoms with Gasteiger partial charge in [-0.2, -0.15) is 0 Å². The van der Waals surface area contributed by atoms with E-state index in [2.05, 4.69) is 34.5 Å². The van der Waals surface area contributed by atoms with Crippen molar-refractivity contribution in [3.63, 3.8) is 0 Å². The van der Waals surface area contributed by atoms with E-state index in [1.807, 2.05) is 37.3 Å². The molecule has 1 atom stereocenters. The predicted molar refractivity (Wildman–Crippen MR) is 111 cm³/mol. The Hall–Kier alpha value is -2.53. The molecule has 5 heteroatoms. The summed E-state index contributed by atoms with van der Waals surface area (Å²) in [4.78, 5) is 14.6. The first-order valence-corrected chi connectivity index (χ1v) is 10.1. The molecule has 0 aliphatic carbocycles. The van der Waals surface area contributed by atoms with Crippen molar-refractivity contribution in [1.82, 2.24) is 10.2 Å². The smallest absolute Gasteiger partial charge is 0.220 e. The van der Waals surface area contributed by atoms with E-state index in [9.17, 15) is 4.79 Å². The number of hydrogen-bond donors (Lipinski definition) is 1. The number of ether oxygens (including phenoxy) is 2. The second-order valence-electron chi connectivity index (χ2n) is 7.11. The maximum absolute atomic E-state index is 12.2. The molecule has 1 amide bonds. The number of nitrogens with one attached hydrogen (secondary N) is 1. The molecule has 1 aliphatic heterocycles. The number of nitrogens with zero attached hydrogens (tertiary/aromatic N) is 1. The van der Waals surface area contributed by atoms with E-state index in [1.165, 1.54) is 5.56 Å². The standard InChI is InChI=1S/C23H30N2O3/c1-2-27-21-11-6-7-12-22(21)28-16-8-13-23(26)24-20-14-15-25(18-20)17-19-9-4-3-5-10-19/h3-7,9-12,20H,2,8,13-18H2,1H3,(H,24,26). The minimum absolute atomic E-state index is 0.105. The third-order valence-electron chi connectivity index (χ3n) is 4.84. The third kappa shape index (κ3) is 6.27. The van der Waals surface area contributed by atoms with E-state index in [1.54, 1.807) is 0 Å². The van der Waals surface area contributed by atoms with Crippen molar-refractivity contribution in [2.24, 2.45) is 0 Å². The lowest BCUT2D eigenvalue weighted by Crippen LogP contribution is -2.37. The average molecular weight is 383 g/mol. The highest BCUT2D eigenvalue weighted by atomic mass is 16.5. The lowest BCUT2D eigenvalue weighted by atomic mass is 10.2.